The molecule has 0 spiro atoms. The van der Waals surface area contributed by atoms with Crippen molar-refractivity contribution in [1.29, 1.82) is 0 Å². The Morgan fingerprint density at radius 1 is 1.08 bits per heavy atom. The number of hydrogen-bond donors (Lipinski definition) is 0. The van der Waals surface area contributed by atoms with Gasteiger partial charge in [-0.3, -0.25) is 0 Å². The zero-order chi connectivity index (χ0) is 18.1. The summed E-state index contributed by atoms with van der Waals surface area (Å²) in [5, 5.41) is 9.12. The highest BCUT2D eigenvalue weighted by molar-refractivity contribution is 6.29. The fraction of sp³-hybridized carbons (Fsp3) is 0.158. The first kappa shape index (κ1) is 16.5. The highest BCUT2D eigenvalue weighted by Gasteiger charge is 2.14. The van der Waals surface area contributed by atoms with Gasteiger partial charge in [-0.1, -0.05) is 46.6 Å². The third kappa shape index (κ3) is 3.36. The van der Waals surface area contributed by atoms with Gasteiger partial charge in [-0.25, -0.2) is 14.6 Å². The number of nitrogens with zero attached hydrogens (tertiary/aromatic N) is 5. The lowest BCUT2D eigenvalue weighted by Crippen LogP contribution is -2.04. The summed E-state index contributed by atoms with van der Waals surface area (Å²) in [5.41, 5.74) is 3.78. The number of benzene rings is 1. The van der Waals surface area contributed by atoms with Crippen molar-refractivity contribution in [2.45, 2.75) is 20.4 Å². The summed E-state index contributed by atoms with van der Waals surface area (Å²) in [7, 11) is 0. The predicted octanol–water partition coefficient (Wildman–Crippen LogP) is 4.31. The molecule has 0 atom stereocenters. The average molecular weight is 366 g/mol. The Morgan fingerprint density at radius 2 is 1.88 bits per heavy atom. The molecule has 4 aromatic rings. The Kier molecular flexibility index (Phi) is 4.26. The summed E-state index contributed by atoms with van der Waals surface area (Å²) in [4.78, 5) is 8.49. The summed E-state index contributed by atoms with van der Waals surface area (Å²) in [6.07, 6.45) is 1.68. The molecular weight excluding hydrogens is 350 g/mol. The standard InChI is InChI=1S/C19H16ClN5O/c1-12-3-5-15(6-4-12)17-10-16(24-26-17)19-22-13(2)25(23-19)11-14-7-8-21-18(20)9-14/h3-10H,11H2,1-2H3. The van der Waals surface area contributed by atoms with Gasteiger partial charge in [-0.05, 0) is 31.5 Å². The lowest BCUT2D eigenvalue weighted by atomic mass is 10.1. The van der Waals surface area contributed by atoms with Crippen LogP contribution in [0.3, 0.4) is 0 Å². The maximum absolute atomic E-state index is 5.94. The van der Waals surface area contributed by atoms with E-state index in [1.165, 1.54) is 5.56 Å². The van der Waals surface area contributed by atoms with Crippen LogP contribution in [0, 0.1) is 13.8 Å². The van der Waals surface area contributed by atoms with E-state index in [-0.39, 0.29) is 0 Å². The third-order valence-electron chi connectivity index (χ3n) is 4.06. The van der Waals surface area contributed by atoms with E-state index in [4.69, 9.17) is 16.1 Å². The van der Waals surface area contributed by atoms with Gasteiger partial charge in [0.25, 0.3) is 0 Å². The quantitative estimate of drug-likeness (QED) is 0.504. The van der Waals surface area contributed by atoms with E-state index in [2.05, 4.69) is 20.2 Å². The van der Waals surface area contributed by atoms with Crippen LogP contribution in [0.25, 0.3) is 22.8 Å². The van der Waals surface area contributed by atoms with Crippen LogP contribution in [0.2, 0.25) is 5.15 Å². The van der Waals surface area contributed by atoms with Gasteiger partial charge in [0, 0.05) is 17.8 Å². The molecule has 3 aromatic heterocycles. The first-order chi connectivity index (χ1) is 12.6. The zero-order valence-corrected chi connectivity index (χ0v) is 15.1. The highest BCUT2D eigenvalue weighted by Crippen LogP contribution is 2.25. The summed E-state index contributed by atoms with van der Waals surface area (Å²) in [6.45, 7) is 4.51. The monoisotopic (exact) mass is 365 g/mol. The molecule has 0 saturated heterocycles. The maximum Gasteiger partial charge on any atom is 0.203 e. The van der Waals surface area contributed by atoms with E-state index in [1.54, 1.807) is 10.9 Å². The van der Waals surface area contributed by atoms with Crippen LogP contribution in [0.5, 0.6) is 0 Å². The van der Waals surface area contributed by atoms with Crippen molar-refractivity contribution in [2.24, 2.45) is 0 Å². The Labute approximate surface area is 155 Å². The molecule has 0 aliphatic rings. The number of rotatable bonds is 4. The SMILES string of the molecule is Cc1ccc(-c2cc(-c3nc(C)n(Cc4ccnc(Cl)c4)n3)no2)cc1. The van der Waals surface area contributed by atoms with Gasteiger partial charge in [0.2, 0.25) is 5.82 Å². The van der Waals surface area contributed by atoms with Gasteiger partial charge in [-0.15, -0.1) is 5.10 Å². The molecule has 26 heavy (non-hydrogen) atoms. The second kappa shape index (κ2) is 6.72. The number of hydrogen-bond acceptors (Lipinski definition) is 5. The minimum Gasteiger partial charge on any atom is -0.356 e. The maximum atomic E-state index is 5.94. The van der Waals surface area contributed by atoms with Crippen molar-refractivity contribution in [2.75, 3.05) is 0 Å². The molecule has 0 aliphatic carbocycles. The minimum atomic E-state index is 0.458. The van der Waals surface area contributed by atoms with Crippen LogP contribution in [-0.2, 0) is 6.54 Å². The first-order valence-electron chi connectivity index (χ1n) is 8.14. The summed E-state index contributed by atoms with van der Waals surface area (Å²) >= 11 is 5.94. The molecule has 0 fully saturated rings. The molecule has 0 radical (unpaired) electrons. The molecule has 7 heteroatoms. The van der Waals surface area contributed by atoms with Gasteiger partial charge in [-0.2, -0.15) is 0 Å². The molecule has 0 aliphatic heterocycles. The lowest BCUT2D eigenvalue weighted by Gasteiger charge is -2.02. The van der Waals surface area contributed by atoms with Crippen molar-refractivity contribution in [3.8, 4) is 22.8 Å². The van der Waals surface area contributed by atoms with Crippen molar-refractivity contribution in [3.63, 3.8) is 0 Å². The molecule has 1 aromatic carbocycles. The van der Waals surface area contributed by atoms with Gasteiger partial charge >= 0.3 is 0 Å². The van der Waals surface area contributed by atoms with E-state index in [0.717, 1.165) is 17.0 Å². The summed E-state index contributed by atoms with van der Waals surface area (Å²) in [5.74, 6) is 2.01. The van der Waals surface area contributed by atoms with E-state index in [1.807, 2.05) is 56.3 Å². The van der Waals surface area contributed by atoms with E-state index in [0.29, 0.717) is 29.0 Å². The van der Waals surface area contributed by atoms with E-state index >= 15 is 0 Å². The minimum absolute atomic E-state index is 0.458. The van der Waals surface area contributed by atoms with Gasteiger partial charge in [0.15, 0.2) is 11.5 Å². The molecule has 4 rings (SSSR count). The van der Waals surface area contributed by atoms with Crippen molar-refractivity contribution < 1.29 is 4.52 Å². The second-order valence-electron chi connectivity index (χ2n) is 6.07. The Balaban J connectivity index is 1.60. The Morgan fingerprint density at radius 3 is 2.65 bits per heavy atom. The molecular formula is C19H16ClN5O. The molecule has 3 heterocycles. The third-order valence-corrected chi connectivity index (χ3v) is 4.26. The van der Waals surface area contributed by atoms with Crippen molar-refractivity contribution >= 4 is 11.6 Å². The molecule has 0 bridgehead atoms. The fourth-order valence-electron chi connectivity index (χ4n) is 2.63. The van der Waals surface area contributed by atoms with Crippen LogP contribution in [0.15, 0.2) is 53.2 Å². The fourth-order valence-corrected chi connectivity index (χ4v) is 2.82. The molecule has 0 amide bonds. The molecule has 130 valence electrons. The van der Waals surface area contributed by atoms with Crippen molar-refractivity contribution in [3.05, 3.63) is 70.8 Å². The summed E-state index contributed by atoms with van der Waals surface area (Å²) in [6, 6.07) is 13.6. The van der Waals surface area contributed by atoms with Crippen LogP contribution in [-0.4, -0.2) is 24.9 Å². The van der Waals surface area contributed by atoms with Crippen LogP contribution >= 0.6 is 11.6 Å². The van der Waals surface area contributed by atoms with Gasteiger partial charge in [0.05, 0.1) is 6.54 Å². The van der Waals surface area contributed by atoms with Crippen LogP contribution in [0.4, 0.5) is 0 Å². The highest BCUT2D eigenvalue weighted by atomic mass is 35.5. The topological polar surface area (TPSA) is 69.6 Å². The number of aryl methyl sites for hydroxylation is 2. The first-order valence-corrected chi connectivity index (χ1v) is 8.52. The van der Waals surface area contributed by atoms with Gasteiger partial charge in [0.1, 0.15) is 11.0 Å². The molecule has 0 unspecified atom stereocenters. The molecule has 6 nitrogen and oxygen atoms in total. The van der Waals surface area contributed by atoms with Crippen molar-refractivity contribution in [1.82, 2.24) is 24.9 Å². The summed E-state index contributed by atoms with van der Waals surface area (Å²) < 4.78 is 7.27. The Hall–Kier alpha value is -2.99. The van der Waals surface area contributed by atoms with Gasteiger partial charge < -0.3 is 4.52 Å². The zero-order valence-electron chi connectivity index (χ0n) is 14.3. The largest absolute Gasteiger partial charge is 0.356 e. The number of pyridine rings is 1. The van der Waals surface area contributed by atoms with Crippen LogP contribution < -0.4 is 0 Å². The average Bonchev–Trinajstić information content (AvgIpc) is 3.23. The molecule has 0 N–H and O–H groups in total. The molecule has 0 saturated carbocycles. The normalized spacial score (nSPS) is 11.0. The predicted molar refractivity (Wildman–Crippen MR) is 98.8 cm³/mol. The smallest absolute Gasteiger partial charge is 0.203 e. The van der Waals surface area contributed by atoms with E-state index in [9.17, 15) is 0 Å². The second-order valence-corrected chi connectivity index (χ2v) is 6.46. The lowest BCUT2D eigenvalue weighted by molar-refractivity contribution is 0.434. The van der Waals surface area contributed by atoms with Crippen LogP contribution in [0.1, 0.15) is 17.0 Å². The Bertz CT molecular complexity index is 1050. The number of aromatic nitrogens is 5. The number of halogens is 1. The van der Waals surface area contributed by atoms with E-state index < -0.39 is 0 Å².